The van der Waals surface area contributed by atoms with Gasteiger partial charge in [0.1, 0.15) is 0 Å². The Hall–Kier alpha value is 0. The SMILES string of the molecule is CC(C)CC1CCC2(C)C(C1)CC(C)C1C3CCC(C)C3(C)CCC12. The number of rotatable bonds is 2. The average Bonchev–Trinajstić information content (AvgIpc) is 2.84. The summed E-state index contributed by atoms with van der Waals surface area (Å²) in [6, 6.07) is 0. The van der Waals surface area contributed by atoms with E-state index in [1.165, 1.54) is 25.7 Å². The Labute approximate surface area is 157 Å². The van der Waals surface area contributed by atoms with Gasteiger partial charge in [-0.2, -0.15) is 0 Å². The van der Waals surface area contributed by atoms with Crippen molar-refractivity contribution in [2.75, 3.05) is 0 Å². The Morgan fingerprint density at radius 3 is 2.24 bits per heavy atom. The first-order valence-electron chi connectivity index (χ1n) is 11.8. The lowest BCUT2D eigenvalue weighted by molar-refractivity contribution is -0.140. The summed E-state index contributed by atoms with van der Waals surface area (Å²) >= 11 is 0. The zero-order chi connectivity index (χ0) is 18.0. The minimum absolute atomic E-state index is 0.674. The fraction of sp³-hybridized carbons (Fsp3) is 1.00. The average molecular weight is 345 g/mol. The van der Waals surface area contributed by atoms with Crippen molar-refractivity contribution in [1.29, 1.82) is 0 Å². The fourth-order valence-electron chi connectivity index (χ4n) is 8.87. The summed E-state index contributed by atoms with van der Waals surface area (Å²) in [5.74, 6) is 8.04. The highest BCUT2D eigenvalue weighted by Crippen LogP contribution is 2.68. The van der Waals surface area contributed by atoms with Crippen LogP contribution in [0.3, 0.4) is 0 Å². The van der Waals surface area contributed by atoms with Crippen LogP contribution in [0.1, 0.15) is 99.3 Å². The molecule has 4 aliphatic rings. The molecule has 9 unspecified atom stereocenters. The molecule has 4 aliphatic carbocycles. The molecular formula is C25H44. The third kappa shape index (κ3) is 2.75. The van der Waals surface area contributed by atoms with E-state index in [0.717, 1.165) is 47.3 Å². The molecule has 9 atom stereocenters. The van der Waals surface area contributed by atoms with Crippen molar-refractivity contribution in [3.8, 4) is 0 Å². The quantitative estimate of drug-likeness (QED) is 0.484. The molecule has 4 saturated carbocycles. The van der Waals surface area contributed by atoms with Gasteiger partial charge in [-0.05, 0) is 116 Å². The third-order valence-electron chi connectivity index (χ3n) is 10.4. The third-order valence-corrected chi connectivity index (χ3v) is 10.4. The molecule has 0 heterocycles. The summed E-state index contributed by atoms with van der Waals surface area (Å²) in [6.07, 6.45) is 13.8. The van der Waals surface area contributed by atoms with Gasteiger partial charge in [0.25, 0.3) is 0 Å². The van der Waals surface area contributed by atoms with Crippen molar-refractivity contribution in [2.45, 2.75) is 99.3 Å². The van der Waals surface area contributed by atoms with E-state index in [-0.39, 0.29) is 0 Å². The van der Waals surface area contributed by atoms with Gasteiger partial charge >= 0.3 is 0 Å². The molecule has 0 aromatic rings. The monoisotopic (exact) mass is 344 g/mol. The Kier molecular flexibility index (Phi) is 4.61. The van der Waals surface area contributed by atoms with Gasteiger partial charge in [-0.15, -0.1) is 0 Å². The molecule has 0 spiro atoms. The van der Waals surface area contributed by atoms with Gasteiger partial charge in [-0.25, -0.2) is 0 Å². The molecule has 4 rings (SSSR count). The van der Waals surface area contributed by atoms with Gasteiger partial charge in [-0.1, -0.05) is 41.5 Å². The molecule has 25 heavy (non-hydrogen) atoms. The maximum absolute atomic E-state index is 2.74. The van der Waals surface area contributed by atoms with Gasteiger partial charge in [0.2, 0.25) is 0 Å². The highest BCUT2D eigenvalue weighted by molar-refractivity contribution is 5.10. The lowest BCUT2D eigenvalue weighted by atomic mass is 9.42. The van der Waals surface area contributed by atoms with E-state index in [0.29, 0.717) is 10.8 Å². The van der Waals surface area contributed by atoms with Gasteiger partial charge < -0.3 is 0 Å². The Bertz CT molecular complexity index is 492. The summed E-state index contributed by atoms with van der Waals surface area (Å²) in [4.78, 5) is 0. The molecule has 0 radical (unpaired) electrons. The second-order valence-electron chi connectivity index (χ2n) is 12.0. The Balaban J connectivity index is 1.57. The molecule has 0 heteroatoms. The van der Waals surface area contributed by atoms with E-state index < -0.39 is 0 Å². The molecule has 0 aromatic heterocycles. The largest absolute Gasteiger partial charge is 0.0628 e. The van der Waals surface area contributed by atoms with Crippen LogP contribution in [-0.4, -0.2) is 0 Å². The highest BCUT2D eigenvalue weighted by Gasteiger charge is 2.61. The predicted octanol–water partition coefficient (Wildman–Crippen LogP) is 7.57. The molecule has 0 bridgehead atoms. The maximum Gasteiger partial charge on any atom is -0.0266 e. The van der Waals surface area contributed by atoms with E-state index >= 15 is 0 Å². The van der Waals surface area contributed by atoms with Crippen LogP contribution in [0, 0.1) is 58.2 Å². The van der Waals surface area contributed by atoms with Crippen molar-refractivity contribution < 1.29 is 0 Å². The van der Waals surface area contributed by atoms with Crippen LogP contribution in [0.4, 0.5) is 0 Å². The molecule has 0 saturated heterocycles. The van der Waals surface area contributed by atoms with Crippen molar-refractivity contribution in [2.24, 2.45) is 58.2 Å². The van der Waals surface area contributed by atoms with Crippen LogP contribution < -0.4 is 0 Å². The lowest BCUT2D eigenvalue weighted by Gasteiger charge is -2.63. The second-order valence-corrected chi connectivity index (χ2v) is 12.0. The van der Waals surface area contributed by atoms with E-state index in [4.69, 9.17) is 0 Å². The van der Waals surface area contributed by atoms with E-state index in [1.54, 1.807) is 32.1 Å². The summed E-state index contributed by atoms with van der Waals surface area (Å²) in [5.41, 5.74) is 1.35. The first-order valence-corrected chi connectivity index (χ1v) is 11.8. The van der Waals surface area contributed by atoms with Crippen LogP contribution >= 0.6 is 0 Å². The zero-order valence-corrected chi connectivity index (χ0v) is 18.0. The van der Waals surface area contributed by atoms with Gasteiger partial charge in [0, 0.05) is 0 Å². The summed E-state index contributed by atoms with van der Waals surface area (Å²) in [6.45, 7) is 15.5. The van der Waals surface area contributed by atoms with Crippen LogP contribution in [0.25, 0.3) is 0 Å². The molecule has 0 aromatic carbocycles. The normalized spacial score (nSPS) is 55.6. The summed E-state index contributed by atoms with van der Waals surface area (Å²) in [7, 11) is 0. The van der Waals surface area contributed by atoms with Gasteiger partial charge in [0.05, 0.1) is 0 Å². The molecule has 0 nitrogen and oxygen atoms in total. The maximum atomic E-state index is 2.74. The minimum Gasteiger partial charge on any atom is -0.0628 e. The number of hydrogen-bond acceptors (Lipinski definition) is 0. The minimum atomic E-state index is 0.674. The van der Waals surface area contributed by atoms with Crippen LogP contribution in [0.15, 0.2) is 0 Å². The Morgan fingerprint density at radius 2 is 1.52 bits per heavy atom. The van der Waals surface area contributed by atoms with Crippen molar-refractivity contribution in [1.82, 2.24) is 0 Å². The summed E-state index contributed by atoms with van der Waals surface area (Å²) < 4.78 is 0. The highest BCUT2D eigenvalue weighted by atomic mass is 14.7. The van der Waals surface area contributed by atoms with Crippen molar-refractivity contribution in [3.05, 3.63) is 0 Å². The second kappa shape index (κ2) is 6.27. The molecule has 4 fully saturated rings. The molecule has 144 valence electrons. The standard InChI is InChI=1S/C25H44/c1-16(2)13-19-9-11-25(6)20(15-19)14-17(3)23-21-8-7-18(4)24(21,5)12-10-22(23)25/h16-23H,7-15H2,1-6H3. The number of hydrogen-bond donors (Lipinski definition) is 0. The fourth-order valence-corrected chi connectivity index (χ4v) is 8.87. The lowest BCUT2D eigenvalue weighted by Crippen LogP contribution is -2.55. The molecule has 0 N–H and O–H groups in total. The topological polar surface area (TPSA) is 0 Å². The Morgan fingerprint density at radius 1 is 0.840 bits per heavy atom. The van der Waals surface area contributed by atoms with Crippen molar-refractivity contribution >= 4 is 0 Å². The van der Waals surface area contributed by atoms with Crippen LogP contribution in [0.5, 0.6) is 0 Å². The van der Waals surface area contributed by atoms with E-state index in [9.17, 15) is 0 Å². The first-order chi connectivity index (χ1) is 11.8. The zero-order valence-electron chi connectivity index (χ0n) is 18.0. The van der Waals surface area contributed by atoms with E-state index in [2.05, 4.69) is 41.5 Å². The first kappa shape index (κ1) is 18.4. The van der Waals surface area contributed by atoms with Gasteiger partial charge in [-0.3, -0.25) is 0 Å². The smallest absolute Gasteiger partial charge is 0.0266 e. The molecular weight excluding hydrogens is 300 g/mol. The summed E-state index contributed by atoms with van der Waals surface area (Å²) in [5, 5.41) is 0. The van der Waals surface area contributed by atoms with E-state index in [1.807, 2.05) is 0 Å². The van der Waals surface area contributed by atoms with Crippen molar-refractivity contribution in [3.63, 3.8) is 0 Å². The number of fused-ring (bicyclic) bond motifs is 5. The predicted molar refractivity (Wildman–Crippen MR) is 108 cm³/mol. The van der Waals surface area contributed by atoms with Gasteiger partial charge in [0.15, 0.2) is 0 Å². The van der Waals surface area contributed by atoms with Crippen LogP contribution in [0.2, 0.25) is 0 Å². The molecule has 0 aliphatic heterocycles. The molecule has 0 amide bonds. The van der Waals surface area contributed by atoms with Crippen LogP contribution in [-0.2, 0) is 0 Å².